The molecule has 1 aromatic rings. The molecule has 1 aromatic carbocycles. The fourth-order valence-corrected chi connectivity index (χ4v) is 2.89. The van der Waals surface area contributed by atoms with Gasteiger partial charge in [0.1, 0.15) is 0 Å². The molecule has 1 aliphatic rings. The molecule has 1 unspecified atom stereocenters. The van der Waals surface area contributed by atoms with Crippen LogP contribution in [0.4, 0.5) is 0 Å². The van der Waals surface area contributed by atoms with E-state index in [9.17, 15) is 4.79 Å². The molecule has 138 valence electrons. The topological polar surface area (TPSA) is 58.4 Å². The lowest BCUT2D eigenvalue weighted by atomic mass is 10.0. The predicted molar refractivity (Wildman–Crippen MR) is 105 cm³/mol. The lowest BCUT2D eigenvalue weighted by Crippen LogP contribution is -2.45. The van der Waals surface area contributed by atoms with Crippen molar-refractivity contribution in [2.45, 2.75) is 51.1 Å². The predicted octanol–water partition coefficient (Wildman–Crippen LogP) is 2.78. The average Bonchev–Trinajstić information content (AvgIpc) is 2.53. The van der Waals surface area contributed by atoms with E-state index in [1.807, 2.05) is 6.92 Å². The number of amides is 1. The summed E-state index contributed by atoms with van der Waals surface area (Å²) >= 11 is 0. The normalized spacial score (nSPS) is 16.6. The van der Waals surface area contributed by atoms with Crippen LogP contribution in [-0.2, 0) is 11.2 Å². The minimum Gasteiger partial charge on any atom is -0.353 e. The van der Waals surface area contributed by atoms with Gasteiger partial charge in [0.15, 0.2) is 0 Å². The van der Waals surface area contributed by atoms with E-state index in [0.29, 0.717) is 12.5 Å². The van der Waals surface area contributed by atoms with Gasteiger partial charge in [-0.05, 0) is 38.2 Å². The quantitative estimate of drug-likeness (QED) is 0.770. The highest BCUT2D eigenvalue weighted by Crippen LogP contribution is 2.12. The highest BCUT2D eigenvalue weighted by Gasteiger charge is 2.20. The van der Waals surface area contributed by atoms with Gasteiger partial charge in [-0.25, -0.2) is 0 Å². The summed E-state index contributed by atoms with van der Waals surface area (Å²) in [6, 6.07) is 11.1. The molecule has 0 saturated carbocycles. The van der Waals surface area contributed by atoms with E-state index in [2.05, 4.69) is 40.5 Å². The van der Waals surface area contributed by atoms with Gasteiger partial charge in [-0.1, -0.05) is 30.3 Å². The Bertz CT molecular complexity index is 449. The van der Waals surface area contributed by atoms with Gasteiger partial charge in [0.2, 0.25) is 5.91 Å². The zero-order chi connectivity index (χ0) is 15.8. The molecule has 1 saturated heterocycles. The Morgan fingerprint density at radius 3 is 2.46 bits per heavy atom. The minimum atomic E-state index is 0. The monoisotopic (exact) mass is 375 g/mol. The van der Waals surface area contributed by atoms with E-state index in [4.69, 9.17) is 5.73 Å². The molecule has 1 atom stereocenters. The fraction of sp³-hybridized carbons (Fsp3) is 0.611. The Hall–Kier alpha value is -0.810. The van der Waals surface area contributed by atoms with Crippen molar-refractivity contribution in [1.82, 2.24) is 10.2 Å². The zero-order valence-electron chi connectivity index (χ0n) is 14.4. The Labute approximate surface area is 158 Å². The third-order valence-electron chi connectivity index (χ3n) is 4.34. The first kappa shape index (κ1) is 23.2. The number of piperidine rings is 1. The first-order valence-corrected chi connectivity index (χ1v) is 8.44. The van der Waals surface area contributed by atoms with Crippen molar-refractivity contribution in [3.05, 3.63) is 35.9 Å². The Morgan fingerprint density at radius 1 is 1.25 bits per heavy atom. The zero-order valence-corrected chi connectivity index (χ0v) is 16.1. The number of hydrogen-bond donors (Lipinski definition) is 2. The number of hydrogen-bond acceptors (Lipinski definition) is 3. The molecule has 0 bridgehead atoms. The van der Waals surface area contributed by atoms with Crippen LogP contribution in [0, 0.1) is 0 Å². The number of nitrogens with zero attached hydrogens (tertiary/aromatic N) is 1. The number of rotatable bonds is 7. The Kier molecular flexibility index (Phi) is 12.1. The van der Waals surface area contributed by atoms with Crippen molar-refractivity contribution >= 4 is 30.7 Å². The molecular weight excluding hydrogens is 345 g/mol. The van der Waals surface area contributed by atoms with E-state index in [-0.39, 0.29) is 36.8 Å². The van der Waals surface area contributed by atoms with E-state index >= 15 is 0 Å². The van der Waals surface area contributed by atoms with Gasteiger partial charge < -0.3 is 16.0 Å². The van der Waals surface area contributed by atoms with Crippen LogP contribution in [0.1, 0.15) is 38.2 Å². The summed E-state index contributed by atoms with van der Waals surface area (Å²) in [5.41, 5.74) is 7.08. The number of benzene rings is 1. The van der Waals surface area contributed by atoms with E-state index < -0.39 is 0 Å². The molecule has 24 heavy (non-hydrogen) atoms. The van der Waals surface area contributed by atoms with Gasteiger partial charge in [-0.2, -0.15) is 0 Å². The number of nitrogens with one attached hydrogen (secondary N) is 1. The van der Waals surface area contributed by atoms with Crippen LogP contribution in [0.15, 0.2) is 30.3 Å². The fourth-order valence-electron chi connectivity index (χ4n) is 2.89. The molecule has 0 aliphatic carbocycles. The molecule has 3 N–H and O–H groups in total. The SMILES string of the molecule is CC(N)CCC(=O)NC1CCN(CCc2ccccc2)CC1.Cl.Cl. The molecule has 0 aromatic heterocycles. The average molecular weight is 376 g/mol. The van der Waals surface area contributed by atoms with E-state index in [1.165, 1.54) is 5.56 Å². The third kappa shape index (κ3) is 8.88. The first-order valence-electron chi connectivity index (χ1n) is 8.44. The van der Waals surface area contributed by atoms with Crippen LogP contribution >= 0.6 is 24.8 Å². The van der Waals surface area contributed by atoms with Crippen molar-refractivity contribution in [3.63, 3.8) is 0 Å². The maximum Gasteiger partial charge on any atom is 0.220 e. The summed E-state index contributed by atoms with van der Waals surface area (Å²) < 4.78 is 0. The van der Waals surface area contributed by atoms with Crippen molar-refractivity contribution < 1.29 is 4.79 Å². The number of halogens is 2. The van der Waals surface area contributed by atoms with Crippen LogP contribution in [0.2, 0.25) is 0 Å². The van der Waals surface area contributed by atoms with Crippen molar-refractivity contribution in [1.29, 1.82) is 0 Å². The second-order valence-corrected chi connectivity index (χ2v) is 6.43. The van der Waals surface area contributed by atoms with Crippen LogP contribution in [-0.4, -0.2) is 42.5 Å². The first-order chi connectivity index (χ1) is 10.6. The molecule has 1 heterocycles. The Morgan fingerprint density at radius 2 is 1.88 bits per heavy atom. The van der Waals surface area contributed by atoms with Crippen LogP contribution < -0.4 is 11.1 Å². The molecule has 0 spiro atoms. The maximum atomic E-state index is 11.8. The molecule has 6 heteroatoms. The molecule has 1 fully saturated rings. The van der Waals surface area contributed by atoms with Crippen molar-refractivity contribution in [2.24, 2.45) is 5.73 Å². The summed E-state index contributed by atoms with van der Waals surface area (Å²) in [6.07, 6.45) is 4.53. The van der Waals surface area contributed by atoms with Crippen LogP contribution in [0.5, 0.6) is 0 Å². The number of likely N-dealkylation sites (tertiary alicyclic amines) is 1. The van der Waals surface area contributed by atoms with Gasteiger partial charge in [0.05, 0.1) is 0 Å². The molecule has 2 rings (SSSR count). The summed E-state index contributed by atoms with van der Waals surface area (Å²) in [5.74, 6) is 0.153. The van der Waals surface area contributed by atoms with E-state index in [1.54, 1.807) is 0 Å². The summed E-state index contributed by atoms with van der Waals surface area (Å²) in [6.45, 7) is 5.20. The largest absolute Gasteiger partial charge is 0.353 e. The van der Waals surface area contributed by atoms with Gasteiger partial charge in [0, 0.05) is 38.1 Å². The summed E-state index contributed by atoms with van der Waals surface area (Å²) in [7, 11) is 0. The molecule has 1 amide bonds. The lowest BCUT2D eigenvalue weighted by Gasteiger charge is -2.32. The lowest BCUT2D eigenvalue weighted by molar-refractivity contribution is -0.122. The van der Waals surface area contributed by atoms with Gasteiger partial charge in [0.25, 0.3) is 0 Å². The standard InChI is InChI=1S/C18H29N3O.2ClH/c1-15(19)7-8-18(22)20-17-10-13-21(14-11-17)12-9-16-5-3-2-4-6-16;;/h2-6,15,17H,7-14,19H2,1H3,(H,20,22);2*1H. The maximum absolute atomic E-state index is 11.8. The van der Waals surface area contributed by atoms with Crippen molar-refractivity contribution in [3.8, 4) is 0 Å². The van der Waals surface area contributed by atoms with E-state index in [0.717, 1.165) is 45.3 Å². The summed E-state index contributed by atoms with van der Waals surface area (Å²) in [5, 5.41) is 3.15. The second kappa shape index (κ2) is 12.5. The number of nitrogens with two attached hydrogens (primary N) is 1. The number of carbonyl (C=O) groups excluding carboxylic acids is 1. The molecule has 4 nitrogen and oxygen atoms in total. The highest BCUT2D eigenvalue weighted by molar-refractivity contribution is 5.85. The molecular formula is C18H31Cl2N3O. The highest BCUT2D eigenvalue weighted by atomic mass is 35.5. The smallest absolute Gasteiger partial charge is 0.220 e. The van der Waals surface area contributed by atoms with Gasteiger partial charge in [-0.3, -0.25) is 4.79 Å². The number of carbonyl (C=O) groups is 1. The Balaban J connectivity index is 0.00000264. The third-order valence-corrected chi connectivity index (χ3v) is 4.34. The molecule has 1 aliphatic heterocycles. The van der Waals surface area contributed by atoms with Crippen LogP contribution in [0.3, 0.4) is 0 Å². The van der Waals surface area contributed by atoms with Crippen molar-refractivity contribution in [2.75, 3.05) is 19.6 Å². The molecule has 0 radical (unpaired) electrons. The van der Waals surface area contributed by atoms with Gasteiger partial charge in [-0.15, -0.1) is 24.8 Å². The van der Waals surface area contributed by atoms with Gasteiger partial charge >= 0.3 is 0 Å². The second-order valence-electron chi connectivity index (χ2n) is 6.43. The van der Waals surface area contributed by atoms with Crippen LogP contribution in [0.25, 0.3) is 0 Å². The summed E-state index contributed by atoms with van der Waals surface area (Å²) in [4.78, 5) is 14.3. The minimum absolute atomic E-state index is 0.